The molecule has 2 N–H and O–H groups in total. The van der Waals surface area contributed by atoms with Crippen molar-refractivity contribution in [1.82, 2.24) is 9.55 Å². The molecule has 0 aliphatic carbocycles. The van der Waals surface area contributed by atoms with Crippen LogP contribution in [0.2, 0.25) is 0 Å². The van der Waals surface area contributed by atoms with Gasteiger partial charge in [0.2, 0.25) is 0 Å². The molecule has 1 unspecified atom stereocenters. The minimum atomic E-state index is -0.204. The summed E-state index contributed by atoms with van der Waals surface area (Å²) >= 11 is 0. The Morgan fingerprint density at radius 2 is 2.15 bits per heavy atom. The van der Waals surface area contributed by atoms with Gasteiger partial charge in [0, 0.05) is 5.69 Å². The first-order chi connectivity index (χ1) is 9.78. The van der Waals surface area contributed by atoms with Crippen molar-refractivity contribution in [2.24, 2.45) is 0 Å². The second-order valence-corrected chi connectivity index (χ2v) is 5.38. The average molecular weight is 277 g/mol. The zero-order valence-corrected chi connectivity index (χ0v) is 11.5. The van der Waals surface area contributed by atoms with Crippen LogP contribution in [0.4, 0.5) is 10.1 Å². The van der Waals surface area contributed by atoms with E-state index in [4.69, 9.17) is 10.5 Å². The Balaban J connectivity index is 1.59. The normalized spacial score (nSPS) is 17.4. The van der Waals surface area contributed by atoms with E-state index in [2.05, 4.69) is 9.55 Å². The van der Waals surface area contributed by atoms with E-state index in [0.29, 0.717) is 12.4 Å². The predicted octanol–water partition coefficient (Wildman–Crippen LogP) is 3.30. The van der Waals surface area contributed by atoms with Crippen LogP contribution >= 0.6 is 0 Å². The number of fused-ring (bicyclic) bond motifs is 3. The number of benzene rings is 1. The van der Waals surface area contributed by atoms with Gasteiger partial charge in [-0.25, -0.2) is 0 Å². The number of anilines is 1. The fraction of sp³-hybridized carbons (Fsp3) is 0.533. The lowest BCUT2D eigenvalue weighted by Crippen LogP contribution is -2.14. The number of ether oxygens (including phenoxy) is 1. The summed E-state index contributed by atoms with van der Waals surface area (Å²) in [5, 5.41) is 0. The SMILES string of the molecule is Nc1ccc2c(c1)nc1n2CC(CCCCCCF)O1. The van der Waals surface area contributed by atoms with E-state index in [1.54, 1.807) is 0 Å². The summed E-state index contributed by atoms with van der Waals surface area (Å²) in [6.07, 6.45) is 5.01. The third kappa shape index (κ3) is 2.57. The maximum Gasteiger partial charge on any atom is 0.297 e. The number of alkyl halides is 1. The van der Waals surface area contributed by atoms with E-state index in [0.717, 1.165) is 48.9 Å². The van der Waals surface area contributed by atoms with Gasteiger partial charge in [0.15, 0.2) is 0 Å². The molecule has 1 aromatic heterocycles. The standard InChI is InChI=1S/C15H20FN3O/c16-8-4-2-1-3-5-12-10-19-14-7-6-11(17)9-13(14)18-15(19)20-12/h6-7,9,12H,1-5,8,10,17H2. The van der Waals surface area contributed by atoms with Crippen LogP contribution < -0.4 is 10.5 Å². The van der Waals surface area contributed by atoms with Crippen LogP contribution in [0.5, 0.6) is 6.01 Å². The first-order valence-electron chi connectivity index (χ1n) is 7.26. The molecule has 0 radical (unpaired) electrons. The van der Waals surface area contributed by atoms with E-state index in [1.165, 1.54) is 0 Å². The molecule has 2 heterocycles. The van der Waals surface area contributed by atoms with Crippen LogP contribution in [0.1, 0.15) is 32.1 Å². The van der Waals surface area contributed by atoms with Gasteiger partial charge in [-0.2, -0.15) is 4.98 Å². The number of rotatable bonds is 6. The van der Waals surface area contributed by atoms with Crippen LogP contribution in [0, 0.1) is 0 Å². The molecule has 1 aliphatic heterocycles. The van der Waals surface area contributed by atoms with Gasteiger partial charge in [-0.1, -0.05) is 12.8 Å². The number of imidazole rings is 1. The highest BCUT2D eigenvalue weighted by atomic mass is 19.1. The Kier molecular flexibility index (Phi) is 3.76. The largest absolute Gasteiger partial charge is 0.459 e. The van der Waals surface area contributed by atoms with Crippen LogP contribution in [0.25, 0.3) is 11.0 Å². The first-order valence-corrected chi connectivity index (χ1v) is 7.26. The van der Waals surface area contributed by atoms with Crippen molar-refractivity contribution in [3.05, 3.63) is 18.2 Å². The summed E-state index contributed by atoms with van der Waals surface area (Å²) in [5.41, 5.74) is 8.45. The van der Waals surface area contributed by atoms with Crippen molar-refractivity contribution in [2.75, 3.05) is 12.4 Å². The smallest absolute Gasteiger partial charge is 0.297 e. The van der Waals surface area contributed by atoms with E-state index < -0.39 is 0 Å². The maximum atomic E-state index is 12.0. The Morgan fingerprint density at radius 3 is 3.00 bits per heavy atom. The van der Waals surface area contributed by atoms with E-state index in [1.807, 2.05) is 18.2 Å². The zero-order valence-electron chi connectivity index (χ0n) is 11.5. The van der Waals surface area contributed by atoms with Crippen LogP contribution in [-0.4, -0.2) is 22.3 Å². The van der Waals surface area contributed by atoms with Crippen molar-refractivity contribution < 1.29 is 9.13 Å². The molecule has 1 atom stereocenters. The zero-order chi connectivity index (χ0) is 13.9. The maximum absolute atomic E-state index is 12.0. The van der Waals surface area contributed by atoms with Gasteiger partial charge in [0.05, 0.1) is 24.3 Å². The Morgan fingerprint density at radius 1 is 1.30 bits per heavy atom. The molecule has 0 amide bonds. The number of unbranched alkanes of at least 4 members (excludes halogenated alkanes) is 3. The molecular weight excluding hydrogens is 257 g/mol. The van der Waals surface area contributed by atoms with Gasteiger partial charge in [0.25, 0.3) is 6.01 Å². The molecule has 0 fully saturated rings. The lowest BCUT2D eigenvalue weighted by Gasteiger charge is -2.09. The van der Waals surface area contributed by atoms with E-state index >= 15 is 0 Å². The van der Waals surface area contributed by atoms with Crippen molar-refractivity contribution in [3.8, 4) is 6.01 Å². The molecular formula is C15H20FN3O. The molecule has 0 saturated carbocycles. The predicted molar refractivity (Wildman–Crippen MR) is 77.6 cm³/mol. The Bertz CT molecular complexity index is 596. The van der Waals surface area contributed by atoms with Crippen molar-refractivity contribution in [1.29, 1.82) is 0 Å². The summed E-state index contributed by atoms with van der Waals surface area (Å²) in [6, 6.07) is 6.45. The minimum Gasteiger partial charge on any atom is -0.459 e. The van der Waals surface area contributed by atoms with Crippen LogP contribution in [0.15, 0.2) is 18.2 Å². The molecule has 2 aromatic rings. The van der Waals surface area contributed by atoms with Crippen LogP contribution in [0.3, 0.4) is 0 Å². The Labute approximate surface area is 117 Å². The molecule has 1 aromatic carbocycles. The quantitative estimate of drug-likeness (QED) is 0.651. The molecule has 5 heteroatoms. The summed E-state index contributed by atoms with van der Waals surface area (Å²) < 4.78 is 20.0. The molecule has 108 valence electrons. The highest BCUT2D eigenvalue weighted by Gasteiger charge is 2.25. The number of halogens is 1. The molecule has 0 spiro atoms. The molecule has 0 saturated heterocycles. The molecule has 4 nitrogen and oxygen atoms in total. The van der Waals surface area contributed by atoms with Gasteiger partial charge in [-0.15, -0.1) is 0 Å². The van der Waals surface area contributed by atoms with Crippen LogP contribution in [-0.2, 0) is 6.54 Å². The van der Waals surface area contributed by atoms with Gasteiger partial charge < -0.3 is 10.5 Å². The summed E-state index contributed by atoms with van der Waals surface area (Å²) in [5.74, 6) is 0. The van der Waals surface area contributed by atoms with Crippen molar-refractivity contribution >= 4 is 16.7 Å². The van der Waals surface area contributed by atoms with Gasteiger partial charge in [-0.05, 0) is 37.5 Å². The van der Waals surface area contributed by atoms with Crippen molar-refractivity contribution in [2.45, 2.75) is 44.8 Å². The molecule has 3 rings (SSSR count). The van der Waals surface area contributed by atoms with Gasteiger partial charge in [-0.3, -0.25) is 8.96 Å². The fourth-order valence-electron chi connectivity index (χ4n) is 2.75. The summed E-state index contributed by atoms with van der Waals surface area (Å²) in [7, 11) is 0. The number of nitrogens with zero attached hydrogens (tertiary/aromatic N) is 2. The number of aromatic nitrogens is 2. The number of hydrogen-bond acceptors (Lipinski definition) is 3. The third-order valence-electron chi connectivity index (χ3n) is 3.81. The summed E-state index contributed by atoms with van der Waals surface area (Å²) in [6.45, 7) is 0.642. The minimum absolute atomic E-state index is 0.199. The second-order valence-electron chi connectivity index (χ2n) is 5.38. The Hall–Kier alpha value is -1.78. The molecule has 1 aliphatic rings. The number of nitrogen functional groups attached to an aromatic ring is 1. The second kappa shape index (κ2) is 5.69. The van der Waals surface area contributed by atoms with E-state index in [9.17, 15) is 4.39 Å². The van der Waals surface area contributed by atoms with Gasteiger partial charge in [0.1, 0.15) is 6.10 Å². The average Bonchev–Trinajstić information content (AvgIpc) is 2.95. The van der Waals surface area contributed by atoms with Crippen molar-refractivity contribution in [3.63, 3.8) is 0 Å². The first kappa shape index (κ1) is 13.2. The topological polar surface area (TPSA) is 53.1 Å². The highest BCUT2D eigenvalue weighted by molar-refractivity contribution is 5.80. The number of nitrogens with two attached hydrogens (primary N) is 1. The lowest BCUT2D eigenvalue weighted by atomic mass is 10.1. The highest BCUT2D eigenvalue weighted by Crippen LogP contribution is 2.30. The fourth-order valence-corrected chi connectivity index (χ4v) is 2.75. The third-order valence-corrected chi connectivity index (χ3v) is 3.81. The number of hydrogen-bond donors (Lipinski definition) is 1. The lowest BCUT2D eigenvalue weighted by molar-refractivity contribution is 0.209. The monoisotopic (exact) mass is 277 g/mol. The van der Waals surface area contributed by atoms with E-state index in [-0.39, 0.29) is 12.8 Å². The molecule has 0 bridgehead atoms. The van der Waals surface area contributed by atoms with Gasteiger partial charge >= 0.3 is 0 Å². The molecule has 20 heavy (non-hydrogen) atoms. The summed E-state index contributed by atoms with van der Waals surface area (Å²) in [4.78, 5) is 4.47.